The normalized spacial score (nSPS) is 22.9. The molecule has 0 saturated heterocycles. The summed E-state index contributed by atoms with van der Waals surface area (Å²) in [6.45, 7) is 6.53. The van der Waals surface area contributed by atoms with Gasteiger partial charge in [0.25, 0.3) is 0 Å². The minimum absolute atomic E-state index is 0.702. The second-order valence-electron chi connectivity index (χ2n) is 5.36. The molecule has 1 aliphatic rings. The van der Waals surface area contributed by atoms with Crippen molar-refractivity contribution in [3.05, 3.63) is 23.7 Å². The number of hydrogen-bond donors (Lipinski definition) is 1. The van der Waals surface area contributed by atoms with E-state index in [1.165, 1.54) is 37.9 Å². The Labute approximate surface area is 105 Å². The second kappa shape index (κ2) is 6.25. The van der Waals surface area contributed by atoms with E-state index in [1.807, 2.05) is 0 Å². The summed E-state index contributed by atoms with van der Waals surface area (Å²) in [5.74, 6) is 3.82. The van der Waals surface area contributed by atoms with Gasteiger partial charge in [0, 0.05) is 5.92 Å². The molecule has 0 amide bonds. The topological polar surface area (TPSA) is 25.2 Å². The van der Waals surface area contributed by atoms with Gasteiger partial charge in [0.2, 0.25) is 0 Å². The van der Waals surface area contributed by atoms with Crippen LogP contribution in [0.25, 0.3) is 0 Å². The number of rotatable bonds is 8. The van der Waals surface area contributed by atoms with Crippen molar-refractivity contribution in [2.75, 3.05) is 6.54 Å². The Balaban J connectivity index is 1.61. The van der Waals surface area contributed by atoms with Gasteiger partial charge in [0.15, 0.2) is 0 Å². The maximum absolute atomic E-state index is 5.84. The Morgan fingerprint density at radius 3 is 2.82 bits per heavy atom. The summed E-state index contributed by atoms with van der Waals surface area (Å²) in [5.41, 5.74) is 0. The fourth-order valence-electron chi connectivity index (χ4n) is 2.30. The molecule has 0 aliphatic heterocycles. The Kier molecular flexibility index (Phi) is 4.66. The molecule has 0 bridgehead atoms. The molecule has 1 aliphatic carbocycles. The van der Waals surface area contributed by atoms with Gasteiger partial charge in [-0.15, -0.1) is 0 Å². The van der Waals surface area contributed by atoms with E-state index in [0.717, 1.165) is 24.8 Å². The zero-order valence-electron chi connectivity index (χ0n) is 11.2. The van der Waals surface area contributed by atoms with Crippen molar-refractivity contribution in [1.82, 2.24) is 5.32 Å². The highest BCUT2D eigenvalue weighted by Crippen LogP contribution is 2.47. The lowest BCUT2D eigenvalue weighted by molar-refractivity contribution is 0.442. The van der Waals surface area contributed by atoms with E-state index in [2.05, 4.69) is 31.3 Å². The summed E-state index contributed by atoms with van der Waals surface area (Å²) >= 11 is 0. The standard InChI is InChI=1S/C15H25NO/c1-3-4-5-6-9-16-11-13-7-8-15(17-13)14-10-12(14)2/h7-8,12,14,16H,3-6,9-11H2,1-2H3. The zero-order valence-corrected chi connectivity index (χ0v) is 11.2. The van der Waals surface area contributed by atoms with Crippen LogP contribution in [-0.2, 0) is 6.54 Å². The van der Waals surface area contributed by atoms with Crippen LogP contribution in [0.15, 0.2) is 16.5 Å². The lowest BCUT2D eigenvalue weighted by Gasteiger charge is -2.02. The van der Waals surface area contributed by atoms with Gasteiger partial charge in [0.05, 0.1) is 6.54 Å². The molecule has 96 valence electrons. The molecule has 1 heterocycles. The molecule has 2 unspecified atom stereocenters. The summed E-state index contributed by atoms with van der Waals surface area (Å²) in [5, 5.41) is 3.45. The van der Waals surface area contributed by atoms with Crippen molar-refractivity contribution >= 4 is 0 Å². The van der Waals surface area contributed by atoms with E-state index in [9.17, 15) is 0 Å². The molecular formula is C15H25NO. The van der Waals surface area contributed by atoms with Crippen molar-refractivity contribution in [1.29, 1.82) is 0 Å². The maximum Gasteiger partial charge on any atom is 0.117 e. The zero-order chi connectivity index (χ0) is 12.1. The Bertz CT molecular complexity index is 331. The lowest BCUT2D eigenvalue weighted by Crippen LogP contribution is -2.14. The third kappa shape index (κ3) is 3.88. The monoisotopic (exact) mass is 235 g/mol. The van der Waals surface area contributed by atoms with Gasteiger partial charge < -0.3 is 9.73 Å². The van der Waals surface area contributed by atoms with Crippen LogP contribution in [0.3, 0.4) is 0 Å². The highest BCUT2D eigenvalue weighted by Gasteiger charge is 2.36. The van der Waals surface area contributed by atoms with E-state index in [0.29, 0.717) is 5.92 Å². The first kappa shape index (κ1) is 12.7. The average Bonchev–Trinajstić information content (AvgIpc) is 2.89. The molecule has 0 radical (unpaired) electrons. The summed E-state index contributed by atoms with van der Waals surface area (Å²) in [4.78, 5) is 0. The average molecular weight is 235 g/mol. The number of unbranched alkanes of at least 4 members (excludes halogenated alkanes) is 3. The van der Waals surface area contributed by atoms with Crippen LogP contribution in [0, 0.1) is 5.92 Å². The Hall–Kier alpha value is -0.760. The van der Waals surface area contributed by atoms with Crippen LogP contribution in [0.2, 0.25) is 0 Å². The van der Waals surface area contributed by atoms with Gasteiger partial charge in [-0.05, 0) is 37.4 Å². The predicted molar refractivity (Wildman–Crippen MR) is 71.1 cm³/mol. The molecule has 2 rings (SSSR count). The van der Waals surface area contributed by atoms with Crippen LogP contribution in [0.5, 0.6) is 0 Å². The first-order chi connectivity index (χ1) is 8.31. The smallest absolute Gasteiger partial charge is 0.117 e. The van der Waals surface area contributed by atoms with Gasteiger partial charge in [-0.25, -0.2) is 0 Å². The molecule has 1 N–H and O–H groups in total. The molecule has 1 aromatic heterocycles. The molecule has 17 heavy (non-hydrogen) atoms. The number of nitrogens with one attached hydrogen (secondary N) is 1. The predicted octanol–water partition coefficient (Wildman–Crippen LogP) is 4.07. The van der Waals surface area contributed by atoms with Crippen molar-refractivity contribution in [2.45, 2.75) is 58.4 Å². The fourth-order valence-corrected chi connectivity index (χ4v) is 2.30. The van der Waals surface area contributed by atoms with Crippen LogP contribution >= 0.6 is 0 Å². The highest BCUT2D eigenvalue weighted by atomic mass is 16.3. The van der Waals surface area contributed by atoms with Crippen molar-refractivity contribution in [3.8, 4) is 0 Å². The van der Waals surface area contributed by atoms with Gasteiger partial charge in [-0.3, -0.25) is 0 Å². The van der Waals surface area contributed by atoms with Crippen molar-refractivity contribution in [3.63, 3.8) is 0 Å². The van der Waals surface area contributed by atoms with Crippen LogP contribution in [0.4, 0.5) is 0 Å². The molecular weight excluding hydrogens is 210 g/mol. The third-order valence-electron chi connectivity index (χ3n) is 3.66. The van der Waals surface area contributed by atoms with E-state index in [4.69, 9.17) is 4.42 Å². The van der Waals surface area contributed by atoms with Crippen LogP contribution in [0.1, 0.15) is 63.4 Å². The molecule has 2 nitrogen and oxygen atoms in total. The third-order valence-corrected chi connectivity index (χ3v) is 3.66. The van der Waals surface area contributed by atoms with Crippen LogP contribution in [-0.4, -0.2) is 6.54 Å². The SMILES string of the molecule is CCCCCCNCc1ccc(C2CC2C)o1. The summed E-state index contributed by atoms with van der Waals surface area (Å²) < 4.78 is 5.84. The Morgan fingerprint density at radius 2 is 2.12 bits per heavy atom. The number of hydrogen-bond acceptors (Lipinski definition) is 2. The minimum atomic E-state index is 0.702. The van der Waals surface area contributed by atoms with Gasteiger partial charge >= 0.3 is 0 Å². The highest BCUT2D eigenvalue weighted by molar-refractivity contribution is 5.17. The summed E-state index contributed by atoms with van der Waals surface area (Å²) in [7, 11) is 0. The quantitative estimate of drug-likeness (QED) is 0.687. The molecule has 0 spiro atoms. The summed E-state index contributed by atoms with van der Waals surface area (Å²) in [6.07, 6.45) is 6.58. The van der Waals surface area contributed by atoms with Crippen molar-refractivity contribution in [2.24, 2.45) is 5.92 Å². The first-order valence-electron chi connectivity index (χ1n) is 7.10. The lowest BCUT2D eigenvalue weighted by atomic mass is 10.2. The van der Waals surface area contributed by atoms with E-state index in [-0.39, 0.29) is 0 Å². The molecule has 1 aromatic rings. The maximum atomic E-state index is 5.84. The van der Waals surface area contributed by atoms with E-state index >= 15 is 0 Å². The first-order valence-corrected chi connectivity index (χ1v) is 7.10. The Morgan fingerprint density at radius 1 is 1.29 bits per heavy atom. The second-order valence-corrected chi connectivity index (χ2v) is 5.36. The van der Waals surface area contributed by atoms with Gasteiger partial charge in [-0.1, -0.05) is 33.1 Å². The van der Waals surface area contributed by atoms with Crippen LogP contribution < -0.4 is 5.32 Å². The molecule has 0 aromatic carbocycles. The van der Waals surface area contributed by atoms with E-state index < -0.39 is 0 Å². The molecule has 2 heteroatoms. The molecule has 1 saturated carbocycles. The summed E-state index contributed by atoms with van der Waals surface area (Å²) in [6, 6.07) is 4.28. The van der Waals surface area contributed by atoms with E-state index in [1.54, 1.807) is 0 Å². The fraction of sp³-hybridized carbons (Fsp3) is 0.733. The minimum Gasteiger partial charge on any atom is -0.464 e. The number of furan rings is 1. The van der Waals surface area contributed by atoms with Gasteiger partial charge in [0.1, 0.15) is 11.5 Å². The largest absolute Gasteiger partial charge is 0.464 e. The molecule has 2 atom stereocenters. The van der Waals surface area contributed by atoms with Crippen molar-refractivity contribution < 1.29 is 4.42 Å². The van der Waals surface area contributed by atoms with Gasteiger partial charge in [-0.2, -0.15) is 0 Å². The molecule has 1 fully saturated rings.